The van der Waals surface area contributed by atoms with Crippen molar-refractivity contribution in [1.29, 1.82) is 5.26 Å². The van der Waals surface area contributed by atoms with E-state index in [1.165, 1.54) is 17.7 Å². The van der Waals surface area contributed by atoms with Crippen LogP contribution in [-0.4, -0.2) is 5.25 Å². The summed E-state index contributed by atoms with van der Waals surface area (Å²) in [4.78, 5) is 1.29. The van der Waals surface area contributed by atoms with Gasteiger partial charge in [0, 0.05) is 16.0 Å². The second kappa shape index (κ2) is 3.83. The number of thiophene rings is 1. The molecule has 1 aromatic heterocycles. The summed E-state index contributed by atoms with van der Waals surface area (Å²) in [6.45, 7) is 0. The Labute approximate surface area is 103 Å². The van der Waals surface area contributed by atoms with Gasteiger partial charge in [0.2, 0.25) is 0 Å². The molecule has 1 saturated carbocycles. The minimum atomic E-state index is 0.252. The molecule has 2 N–H and O–H groups in total. The zero-order chi connectivity index (χ0) is 11.1. The van der Waals surface area contributed by atoms with Crippen molar-refractivity contribution in [2.24, 2.45) is 11.7 Å². The molecule has 0 radical (unpaired) electrons. The van der Waals surface area contributed by atoms with Crippen molar-refractivity contribution in [2.75, 3.05) is 0 Å². The summed E-state index contributed by atoms with van der Waals surface area (Å²) >= 11 is 3.45. The standard InChI is InChI=1S/C12H12N2S2/c13-6-8-10(9-2-1-5-15-9)11(7-3-4-7)16-12(8)14/h1-2,5,7,10-11H,3-4,14H2/t10-,11+/m0/s1. The molecule has 1 aliphatic heterocycles. The third kappa shape index (κ3) is 1.55. The lowest BCUT2D eigenvalue weighted by Crippen LogP contribution is -2.13. The number of nitrogens with two attached hydrogens (primary N) is 1. The second-order valence-electron chi connectivity index (χ2n) is 4.30. The summed E-state index contributed by atoms with van der Waals surface area (Å²) < 4.78 is 0. The summed E-state index contributed by atoms with van der Waals surface area (Å²) in [7, 11) is 0. The van der Waals surface area contributed by atoms with E-state index in [2.05, 4.69) is 23.6 Å². The average Bonchev–Trinajstić information content (AvgIpc) is 2.88. The molecule has 2 aliphatic rings. The summed E-state index contributed by atoms with van der Waals surface area (Å²) in [6.07, 6.45) is 2.59. The van der Waals surface area contributed by atoms with Gasteiger partial charge in [-0.15, -0.1) is 23.1 Å². The Hall–Kier alpha value is -0.920. The van der Waals surface area contributed by atoms with Gasteiger partial charge in [0.15, 0.2) is 0 Å². The van der Waals surface area contributed by atoms with Crippen LogP contribution in [0.1, 0.15) is 23.6 Å². The number of rotatable bonds is 2. The van der Waals surface area contributed by atoms with Gasteiger partial charge >= 0.3 is 0 Å². The van der Waals surface area contributed by atoms with Crippen molar-refractivity contribution in [3.63, 3.8) is 0 Å². The van der Waals surface area contributed by atoms with Crippen LogP contribution < -0.4 is 5.73 Å². The molecule has 0 aromatic carbocycles. The molecule has 0 amide bonds. The van der Waals surface area contributed by atoms with Gasteiger partial charge in [0.05, 0.1) is 16.7 Å². The molecule has 4 heteroatoms. The van der Waals surface area contributed by atoms with E-state index < -0.39 is 0 Å². The van der Waals surface area contributed by atoms with Gasteiger partial charge in [-0.3, -0.25) is 0 Å². The van der Waals surface area contributed by atoms with E-state index in [-0.39, 0.29) is 5.92 Å². The van der Waals surface area contributed by atoms with E-state index in [4.69, 9.17) is 5.73 Å². The molecule has 1 aliphatic carbocycles. The van der Waals surface area contributed by atoms with Crippen LogP contribution in [0.5, 0.6) is 0 Å². The van der Waals surface area contributed by atoms with Gasteiger partial charge in [-0.25, -0.2) is 0 Å². The number of hydrogen-bond acceptors (Lipinski definition) is 4. The van der Waals surface area contributed by atoms with E-state index in [0.29, 0.717) is 5.25 Å². The highest BCUT2D eigenvalue weighted by atomic mass is 32.2. The Balaban J connectivity index is 1.99. The molecular weight excluding hydrogens is 236 g/mol. The van der Waals surface area contributed by atoms with Crippen molar-refractivity contribution < 1.29 is 0 Å². The largest absolute Gasteiger partial charge is 0.393 e. The highest BCUT2D eigenvalue weighted by Crippen LogP contribution is 2.55. The van der Waals surface area contributed by atoms with Crippen molar-refractivity contribution in [3.8, 4) is 6.07 Å². The van der Waals surface area contributed by atoms with Crippen molar-refractivity contribution >= 4 is 23.1 Å². The van der Waals surface area contributed by atoms with Crippen LogP contribution >= 0.6 is 23.1 Å². The third-order valence-corrected chi connectivity index (χ3v) is 5.58. The number of nitriles is 1. The maximum absolute atomic E-state index is 9.23. The minimum Gasteiger partial charge on any atom is -0.393 e. The zero-order valence-electron chi connectivity index (χ0n) is 8.72. The first-order chi connectivity index (χ1) is 7.81. The van der Waals surface area contributed by atoms with Crippen LogP contribution in [0.2, 0.25) is 0 Å². The van der Waals surface area contributed by atoms with E-state index in [1.54, 1.807) is 23.1 Å². The van der Waals surface area contributed by atoms with Gasteiger partial charge in [-0.1, -0.05) is 6.07 Å². The molecule has 3 rings (SSSR count). The lowest BCUT2D eigenvalue weighted by atomic mass is 9.93. The van der Waals surface area contributed by atoms with E-state index in [0.717, 1.165) is 16.5 Å². The highest BCUT2D eigenvalue weighted by Gasteiger charge is 2.45. The van der Waals surface area contributed by atoms with Gasteiger partial charge in [0.1, 0.15) is 0 Å². The number of hydrogen-bond donors (Lipinski definition) is 1. The third-order valence-electron chi connectivity index (χ3n) is 3.22. The van der Waals surface area contributed by atoms with Gasteiger partial charge < -0.3 is 5.73 Å². The Morgan fingerprint density at radius 2 is 2.25 bits per heavy atom. The molecule has 1 fully saturated rings. The van der Waals surface area contributed by atoms with Crippen LogP contribution in [0, 0.1) is 17.2 Å². The molecule has 0 unspecified atom stereocenters. The zero-order valence-corrected chi connectivity index (χ0v) is 10.4. The maximum Gasteiger partial charge on any atom is 0.0981 e. The molecule has 0 bridgehead atoms. The van der Waals surface area contributed by atoms with Gasteiger partial charge in [0.25, 0.3) is 0 Å². The Morgan fingerprint density at radius 1 is 1.44 bits per heavy atom. The molecule has 82 valence electrons. The summed E-state index contributed by atoms with van der Waals surface area (Å²) in [5, 5.41) is 12.6. The van der Waals surface area contributed by atoms with E-state index in [1.807, 2.05) is 0 Å². The molecule has 16 heavy (non-hydrogen) atoms. The lowest BCUT2D eigenvalue weighted by Gasteiger charge is -2.17. The minimum absolute atomic E-state index is 0.252. The fourth-order valence-electron chi connectivity index (χ4n) is 2.29. The van der Waals surface area contributed by atoms with Crippen LogP contribution in [0.4, 0.5) is 0 Å². The second-order valence-corrected chi connectivity index (χ2v) is 6.50. The van der Waals surface area contributed by atoms with Crippen molar-refractivity contribution in [3.05, 3.63) is 33.0 Å². The molecule has 0 saturated heterocycles. The number of allylic oxidation sites excluding steroid dienone is 1. The summed E-state index contributed by atoms with van der Waals surface area (Å²) in [5.74, 6) is 1.02. The van der Waals surface area contributed by atoms with Crippen LogP contribution in [-0.2, 0) is 0 Å². The Kier molecular flexibility index (Phi) is 2.45. The van der Waals surface area contributed by atoms with Crippen molar-refractivity contribution in [1.82, 2.24) is 0 Å². The first kappa shape index (κ1) is 10.2. The first-order valence-electron chi connectivity index (χ1n) is 5.41. The maximum atomic E-state index is 9.23. The predicted octanol–water partition coefficient (Wildman–Crippen LogP) is 3.05. The van der Waals surface area contributed by atoms with Crippen LogP contribution in [0.15, 0.2) is 28.1 Å². The average molecular weight is 248 g/mol. The Bertz CT molecular complexity index is 466. The number of nitrogens with zero attached hydrogens (tertiary/aromatic N) is 1. The fraction of sp³-hybridized carbons (Fsp3) is 0.417. The van der Waals surface area contributed by atoms with Gasteiger partial charge in [-0.05, 0) is 30.2 Å². The fourth-order valence-corrected chi connectivity index (χ4v) is 4.73. The summed E-state index contributed by atoms with van der Waals surface area (Å²) in [6, 6.07) is 6.49. The Morgan fingerprint density at radius 3 is 2.81 bits per heavy atom. The van der Waals surface area contributed by atoms with Gasteiger partial charge in [-0.2, -0.15) is 5.26 Å². The molecule has 2 atom stereocenters. The van der Waals surface area contributed by atoms with Crippen LogP contribution in [0.25, 0.3) is 0 Å². The monoisotopic (exact) mass is 248 g/mol. The topological polar surface area (TPSA) is 49.8 Å². The molecule has 2 nitrogen and oxygen atoms in total. The molecule has 2 heterocycles. The number of thioether (sulfide) groups is 1. The van der Waals surface area contributed by atoms with E-state index >= 15 is 0 Å². The quantitative estimate of drug-likeness (QED) is 0.875. The van der Waals surface area contributed by atoms with E-state index in [9.17, 15) is 5.26 Å². The molecular formula is C12H12N2S2. The smallest absolute Gasteiger partial charge is 0.0981 e. The molecule has 1 aromatic rings. The van der Waals surface area contributed by atoms with Crippen LogP contribution in [0.3, 0.4) is 0 Å². The lowest BCUT2D eigenvalue weighted by molar-refractivity contribution is 0.688. The highest BCUT2D eigenvalue weighted by molar-refractivity contribution is 8.04. The molecule has 0 spiro atoms. The SMILES string of the molecule is N#CC1=C(N)S[C@H](C2CC2)[C@@H]1c1cccs1. The normalized spacial score (nSPS) is 29.4. The first-order valence-corrected chi connectivity index (χ1v) is 7.17. The summed E-state index contributed by atoms with van der Waals surface area (Å²) in [5.41, 5.74) is 6.76. The predicted molar refractivity (Wildman–Crippen MR) is 68.0 cm³/mol. The van der Waals surface area contributed by atoms with Crippen molar-refractivity contribution in [2.45, 2.75) is 24.0 Å².